The van der Waals surface area contributed by atoms with E-state index in [4.69, 9.17) is 0 Å². The average molecular weight is 306 g/mol. The van der Waals surface area contributed by atoms with Gasteiger partial charge in [-0.15, -0.1) is 22.7 Å². The summed E-state index contributed by atoms with van der Waals surface area (Å²) in [7, 11) is 0. The summed E-state index contributed by atoms with van der Waals surface area (Å²) < 4.78 is 0. The number of nitrogens with one attached hydrogen (secondary N) is 1. The van der Waals surface area contributed by atoms with Crippen LogP contribution in [0.3, 0.4) is 0 Å². The summed E-state index contributed by atoms with van der Waals surface area (Å²) in [5, 5.41) is 8.09. The topological polar surface area (TPSA) is 15.3 Å². The minimum Gasteiger partial charge on any atom is -0.304 e. The fourth-order valence-electron chi connectivity index (χ4n) is 2.80. The normalized spacial score (nSPS) is 16.9. The molecular weight excluding hydrogens is 284 g/mol. The predicted octanol–water partition coefficient (Wildman–Crippen LogP) is 3.97. The second-order valence-corrected chi connectivity index (χ2v) is 7.28. The van der Waals surface area contributed by atoms with Crippen LogP contribution in [-0.4, -0.2) is 31.1 Å². The Bertz CT molecular complexity index is 438. The molecule has 1 saturated heterocycles. The van der Waals surface area contributed by atoms with Crippen molar-refractivity contribution in [3.05, 3.63) is 44.8 Å². The van der Waals surface area contributed by atoms with Crippen molar-refractivity contribution < 1.29 is 0 Å². The van der Waals surface area contributed by atoms with Gasteiger partial charge in [-0.3, -0.25) is 0 Å². The van der Waals surface area contributed by atoms with E-state index in [0.717, 1.165) is 6.54 Å². The Kier molecular flexibility index (Phi) is 5.25. The van der Waals surface area contributed by atoms with Gasteiger partial charge < -0.3 is 10.2 Å². The molecule has 0 spiro atoms. The minimum atomic E-state index is 0.375. The van der Waals surface area contributed by atoms with E-state index in [2.05, 4.69) is 45.2 Å². The highest BCUT2D eigenvalue weighted by atomic mass is 32.1. The van der Waals surface area contributed by atoms with Gasteiger partial charge in [-0.1, -0.05) is 18.6 Å². The monoisotopic (exact) mass is 306 g/mol. The van der Waals surface area contributed by atoms with Crippen molar-refractivity contribution in [3.8, 4) is 0 Å². The summed E-state index contributed by atoms with van der Waals surface area (Å²) in [6, 6.07) is 9.14. The molecule has 4 heteroatoms. The van der Waals surface area contributed by atoms with Crippen molar-refractivity contribution in [2.24, 2.45) is 0 Å². The molecule has 1 N–H and O–H groups in total. The van der Waals surface area contributed by atoms with Gasteiger partial charge in [0.05, 0.1) is 6.04 Å². The van der Waals surface area contributed by atoms with E-state index < -0.39 is 0 Å². The number of likely N-dealkylation sites (tertiary alicyclic amines) is 1. The van der Waals surface area contributed by atoms with Gasteiger partial charge in [0, 0.05) is 22.8 Å². The van der Waals surface area contributed by atoms with Gasteiger partial charge in [-0.25, -0.2) is 0 Å². The molecule has 1 aliphatic heterocycles. The van der Waals surface area contributed by atoms with E-state index >= 15 is 0 Å². The summed E-state index contributed by atoms with van der Waals surface area (Å²) in [6.07, 6.45) is 4.16. The molecule has 108 valence electrons. The van der Waals surface area contributed by atoms with Crippen molar-refractivity contribution in [3.63, 3.8) is 0 Å². The summed E-state index contributed by atoms with van der Waals surface area (Å²) in [5.74, 6) is 0. The van der Waals surface area contributed by atoms with Crippen LogP contribution >= 0.6 is 22.7 Å². The number of hydrogen-bond donors (Lipinski definition) is 1. The van der Waals surface area contributed by atoms with Crippen molar-refractivity contribution in [2.75, 3.05) is 26.2 Å². The van der Waals surface area contributed by atoms with E-state index in [1.807, 2.05) is 22.7 Å². The molecule has 0 unspecified atom stereocenters. The molecule has 2 nitrogen and oxygen atoms in total. The lowest BCUT2D eigenvalue weighted by Gasteiger charge is -2.27. The Hall–Kier alpha value is -0.680. The van der Waals surface area contributed by atoms with E-state index in [1.165, 1.54) is 48.7 Å². The van der Waals surface area contributed by atoms with Gasteiger partial charge in [-0.2, -0.15) is 0 Å². The Morgan fingerprint density at radius 3 is 2.20 bits per heavy atom. The Morgan fingerprint density at radius 2 is 1.65 bits per heavy atom. The second kappa shape index (κ2) is 7.36. The Morgan fingerprint density at radius 1 is 1.00 bits per heavy atom. The first-order valence-electron chi connectivity index (χ1n) is 7.46. The fourth-order valence-corrected chi connectivity index (χ4v) is 4.51. The lowest BCUT2D eigenvalue weighted by molar-refractivity contribution is 0.227. The van der Waals surface area contributed by atoms with Crippen LogP contribution in [-0.2, 0) is 0 Å². The first-order chi connectivity index (χ1) is 9.93. The first-order valence-corrected chi connectivity index (χ1v) is 9.22. The lowest BCUT2D eigenvalue weighted by Crippen LogP contribution is -2.36. The third-order valence-electron chi connectivity index (χ3n) is 3.88. The number of thiophene rings is 2. The van der Waals surface area contributed by atoms with E-state index in [-0.39, 0.29) is 0 Å². The van der Waals surface area contributed by atoms with Gasteiger partial charge in [0.25, 0.3) is 0 Å². The maximum atomic E-state index is 3.75. The van der Waals surface area contributed by atoms with Crippen LogP contribution in [0.1, 0.15) is 35.1 Å². The van der Waals surface area contributed by atoms with Crippen molar-refractivity contribution in [1.82, 2.24) is 10.2 Å². The molecule has 2 aromatic rings. The third kappa shape index (κ3) is 3.70. The van der Waals surface area contributed by atoms with E-state index in [1.54, 1.807) is 0 Å². The van der Waals surface area contributed by atoms with Gasteiger partial charge >= 0.3 is 0 Å². The van der Waals surface area contributed by atoms with Gasteiger partial charge in [-0.05, 0) is 48.8 Å². The molecule has 0 radical (unpaired) electrons. The molecule has 1 fully saturated rings. The van der Waals surface area contributed by atoms with Gasteiger partial charge in [0.1, 0.15) is 0 Å². The zero-order valence-corrected chi connectivity index (χ0v) is 13.4. The summed E-state index contributed by atoms with van der Waals surface area (Å²) >= 11 is 3.69. The Balaban J connectivity index is 1.57. The van der Waals surface area contributed by atoms with Crippen LogP contribution in [0.2, 0.25) is 0 Å². The third-order valence-corrected chi connectivity index (χ3v) is 5.75. The molecule has 0 amide bonds. The van der Waals surface area contributed by atoms with Crippen LogP contribution in [0.25, 0.3) is 0 Å². The maximum Gasteiger partial charge on any atom is 0.0765 e. The quantitative estimate of drug-likeness (QED) is 0.868. The summed E-state index contributed by atoms with van der Waals surface area (Å²) in [6.45, 7) is 4.81. The standard InChI is InChI=1S/C16H22N2S2/c1-2-9-18(10-3-1)11-8-17-16(14-6-4-12-19-14)15-7-5-13-20-15/h4-7,12-13,16-17H,1-3,8-11H2. The highest BCUT2D eigenvalue weighted by molar-refractivity contribution is 7.11. The largest absolute Gasteiger partial charge is 0.304 e. The molecule has 3 rings (SSSR count). The molecule has 0 saturated carbocycles. The number of rotatable bonds is 6. The van der Waals surface area contributed by atoms with Gasteiger partial charge in [0.15, 0.2) is 0 Å². The zero-order chi connectivity index (χ0) is 13.6. The zero-order valence-electron chi connectivity index (χ0n) is 11.8. The molecule has 0 aromatic carbocycles. The molecule has 1 aliphatic rings. The number of piperidine rings is 1. The summed E-state index contributed by atoms with van der Waals surface area (Å²) in [4.78, 5) is 5.44. The molecule has 0 bridgehead atoms. The van der Waals surface area contributed by atoms with E-state index in [0.29, 0.717) is 6.04 Å². The lowest BCUT2D eigenvalue weighted by atomic mass is 10.1. The maximum absolute atomic E-state index is 3.75. The van der Waals surface area contributed by atoms with E-state index in [9.17, 15) is 0 Å². The molecule has 0 atom stereocenters. The highest BCUT2D eigenvalue weighted by Gasteiger charge is 2.16. The van der Waals surface area contributed by atoms with Crippen LogP contribution in [0, 0.1) is 0 Å². The molecule has 2 aromatic heterocycles. The Labute approximate surface area is 129 Å². The van der Waals surface area contributed by atoms with Crippen molar-refractivity contribution >= 4 is 22.7 Å². The van der Waals surface area contributed by atoms with Crippen LogP contribution in [0.5, 0.6) is 0 Å². The van der Waals surface area contributed by atoms with Crippen LogP contribution in [0.4, 0.5) is 0 Å². The molecular formula is C16H22N2S2. The number of nitrogens with zero attached hydrogens (tertiary/aromatic N) is 1. The molecule has 3 heterocycles. The van der Waals surface area contributed by atoms with Crippen LogP contribution in [0.15, 0.2) is 35.0 Å². The van der Waals surface area contributed by atoms with Crippen molar-refractivity contribution in [2.45, 2.75) is 25.3 Å². The first kappa shape index (κ1) is 14.3. The highest BCUT2D eigenvalue weighted by Crippen LogP contribution is 2.28. The molecule has 20 heavy (non-hydrogen) atoms. The minimum absolute atomic E-state index is 0.375. The summed E-state index contributed by atoms with van der Waals surface area (Å²) in [5.41, 5.74) is 0. The van der Waals surface area contributed by atoms with Crippen molar-refractivity contribution in [1.29, 1.82) is 0 Å². The second-order valence-electron chi connectivity index (χ2n) is 5.32. The SMILES string of the molecule is c1csc(C(NCCN2CCCCC2)c2cccs2)c1. The average Bonchev–Trinajstić information content (AvgIpc) is 3.18. The predicted molar refractivity (Wildman–Crippen MR) is 88.8 cm³/mol. The fraction of sp³-hybridized carbons (Fsp3) is 0.500. The van der Waals surface area contributed by atoms with Gasteiger partial charge in [0.2, 0.25) is 0 Å². The molecule has 0 aliphatic carbocycles. The smallest absolute Gasteiger partial charge is 0.0765 e. The number of hydrogen-bond acceptors (Lipinski definition) is 4. The van der Waals surface area contributed by atoms with Crippen LogP contribution < -0.4 is 5.32 Å².